The van der Waals surface area contributed by atoms with E-state index in [4.69, 9.17) is 0 Å². The standard InChI is InChI=1S/C35H33F6N5O3S/c36-21-13-19(14-22(37)16-21)15-28(43-29(47)18-46-33-30(32(44-46)34(38)39)26-17-27(26)35(33,40)41)31-25(7-4-12-42-31)20-8-10-24(11-9-20)50(48,49)45-23-5-2-1-3-6-23/h4,7-14,16,23,26-28,34,45H,1-3,5-6,15,17-18H2,(H,43,47)/t26?,27-,28+/m1/s1. The summed E-state index contributed by atoms with van der Waals surface area (Å²) in [7, 11) is -3.80. The molecule has 3 atom stereocenters. The van der Waals surface area contributed by atoms with Crippen LogP contribution in [0.4, 0.5) is 26.3 Å². The number of pyridine rings is 1. The number of sulfonamides is 1. The summed E-state index contributed by atoms with van der Waals surface area (Å²) in [6.07, 6.45) is 2.68. The number of rotatable bonds is 11. The van der Waals surface area contributed by atoms with Gasteiger partial charge in [0.05, 0.1) is 16.6 Å². The molecule has 1 amide bonds. The molecule has 4 aromatic rings. The third-order valence-electron chi connectivity index (χ3n) is 9.73. The van der Waals surface area contributed by atoms with Crippen LogP contribution in [0.1, 0.15) is 85.1 Å². The number of hydrogen-bond donors (Lipinski definition) is 2. The van der Waals surface area contributed by atoms with Crippen LogP contribution in [-0.2, 0) is 33.7 Å². The number of fused-ring (bicyclic) bond motifs is 3. The molecule has 2 heterocycles. The molecule has 0 saturated heterocycles. The van der Waals surface area contributed by atoms with Crippen molar-refractivity contribution in [1.82, 2.24) is 24.8 Å². The maximum Gasteiger partial charge on any atom is 0.293 e. The first-order chi connectivity index (χ1) is 23.8. The van der Waals surface area contributed by atoms with Crippen molar-refractivity contribution in [2.24, 2.45) is 5.92 Å². The first-order valence-corrected chi connectivity index (χ1v) is 17.9. The first-order valence-electron chi connectivity index (χ1n) is 16.4. The summed E-state index contributed by atoms with van der Waals surface area (Å²) >= 11 is 0. The van der Waals surface area contributed by atoms with Gasteiger partial charge in [-0.05, 0) is 73.1 Å². The average molecular weight is 718 g/mol. The number of alkyl halides is 4. The minimum absolute atomic E-state index is 0.0571. The molecule has 3 aliphatic rings. The number of nitrogens with zero attached hydrogens (tertiary/aromatic N) is 3. The van der Waals surface area contributed by atoms with E-state index < -0.39 is 75.7 Å². The SMILES string of the molecule is O=C(Cn1nc(C(F)F)c2c1C(F)(F)[C@@H]1CC21)N[C@@H](Cc1cc(F)cc(F)c1)c1ncccc1-c1ccc(S(=O)(=O)NC2CCCCC2)cc1. The largest absolute Gasteiger partial charge is 0.346 e. The van der Waals surface area contributed by atoms with Gasteiger partial charge in [0, 0.05) is 35.3 Å². The highest BCUT2D eigenvalue weighted by atomic mass is 32.2. The van der Waals surface area contributed by atoms with Crippen molar-refractivity contribution in [2.75, 3.05) is 0 Å². The highest BCUT2D eigenvalue weighted by Gasteiger charge is 2.67. The minimum atomic E-state index is -3.80. The van der Waals surface area contributed by atoms with Gasteiger partial charge in [-0.3, -0.25) is 14.5 Å². The normalized spacial score (nSPS) is 20.4. The molecular weight excluding hydrogens is 684 g/mol. The average Bonchev–Trinajstić information content (AvgIpc) is 3.73. The lowest BCUT2D eigenvalue weighted by Crippen LogP contribution is -2.36. The second-order valence-electron chi connectivity index (χ2n) is 13.2. The molecule has 2 aromatic heterocycles. The molecule has 264 valence electrons. The molecule has 8 nitrogen and oxygen atoms in total. The monoisotopic (exact) mass is 717 g/mol. The molecule has 3 aliphatic carbocycles. The van der Waals surface area contributed by atoms with Gasteiger partial charge in [-0.15, -0.1) is 0 Å². The van der Waals surface area contributed by atoms with E-state index in [9.17, 15) is 30.8 Å². The Kier molecular flexibility index (Phi) is 8.99. The summed E-state index contributed by atoms with van der Waals surface area (Å²) < 4.78 is 116. The number of amides is 1. The van der Waals surface area contributed by atoms with E-state index in [0.717, 1.165) is 44.2 Å². The number of carbonyl (C=O) groups excluding carboxylic acids is 1. The molecule has 2 fully saturated rings. The lowest BCUT2D eigenvalue weighted by Gasteiger charge is -2.23. The Morgan fingerprint density at radius 1 is 0.980 bits per heavy atom. The summed E-state index contributed by atoms with van der Waals surface area (Å²) in [4.78, 5) is 18.0. The zero-order valence-corrected chi connectivity index (χ0v) is 27.4. The maximum absolute atomic E-state index is 15.2. The van der Waals surface area contributed by atoms with Gasteiger partial charge in [-0.25, -0.2) is 30.7 Å². The molecule has 2 aromatic carbocycles. The van der Waals surface area contributed by atoms with Crippen molar-refractivity contribution in [3.05, 3.63) is 101 Å². The van der Waals surface area contributed by atoms with Crippen molar-refractivity contribution in [3.8, 4) is 11.1 Å². The van der Waals surface area contributed by atoms with Crippen molar-refractivity contribution >= 4 is 15.9 Å². The van der Waals surface area contributed by atoms with Crippen LogP contribution in [0.2, 0.25) is 0 Å². The third-order valence-corrected chi connectivity index (χ3v) is 11.3. The van der Waals surface area contributed by atoms with Crippen LogP contribution in [0.5, 0.6) is 0 Å². The van der Waals surface area contributed by atoms with Crippen LogP contribution in [-0.4, -0.2) is 35.1 Å². The van der Waals surface area contributed by atoms with Gasteiger partial charge < -0.3 is 5.32 Å². The second kappa shape index (κ2) is 13.1. The van der Waals surface area contributed by atoms with E-state index in [1.807, 2.05) is 0 Å². The molecule has 1 unspecified atom stereocenters. The fourth-order valence-electron chi connectivity index (χ4n) is 7.39. The van der Waals surface area contributed by atoms with E-state index in [1.165, 1.54) is 18.3 Å². The fraction of sp³-hybridized carbons (Fsp3) is 0.400. The number of aromatic nitrogens is 3. The van der Waals surface area contributed by atoms with Gasteiger partial charge in [0.15, 0.2) is 0 Å². The topological polar surface area (TPSA) is 106 Å². The van der Waals surface area contributed by atoms with Crippen LogP contribution in [0.3, 0.4) is 0 Å². The van der Waals surface area contributed by atoms with Crippen LogP contribution in [0, 0.1) is 17.6 Å². The number of hydrogen-bond acceptors (Lipinski definition) is 5. The van der Waals surface area contributed by atoms with E-state index >= 15 is 8.78 Å². The highest BCUT2D eigenvalue weighted by Crippen LogP contribution is 2.68. The quantitative estimate of drug-likeness (QED) is 0.161. The molecule has 15 heteroatoms. The molecule has 2 N–H and O–H groups in total. The Balaban J connectivity index is 1.19. The smallest absolute Gasteiger partial charge is 0.293 e. The molecule has 0 radical (unpaired) electrons. The van der Waals surface area contributed by atoms with Gasteiger partial charge in [-0.1, -0.05) is 37.5 Å². The predicted molar refractivity (Wildman–Crippen MR) is 170 cm³/mol. The number of halogens is 6. The lowest BCUT2D eigenvalue weighted by molar-refractivity contribution is -0.123. The molecule has 0 bridgehead atoms. The van der Waals surface area contributed by atoms with Gasteiger partial charge >= 0.3 is 0 Å². The maximum atomic E-state index is 15.2. The Labute approximate surface area is 284 Å². The van der Waals surface area contributed by atoms with Crippen molar-refractivity contribution in [1.29, 1.82) is 0 Å². The van der Waals surface area contributed by atoms with E-state index in [-0.39, 0.29) is 40.6 Å². The third kappa shape index (κ3) is 6.64. The van der Waals surface area contributed by atoms with Gasteiger partial charge in [0.2, 0.25) is 15.9 Å². The van der Waals surface area contributed by atoms with E-state index in [0.29, 0.717) is 21.9 Å². The molecule has 50 heavy (non-hydrogen) atoms. The van der Waals surface area contributed by atoms with Gasteiger partial charge in [0.1, 0.15) is 29.6 Å². The number of carbonyl (C=O) groups is 1. The summed E-state index contributed by atoms with van der Waals surface area (Å²) in [5.41, 5.74) is -0.334. The van der Waals surface area contributed by atoms with Gasteiger partial charge in [-0.2, -0.15) is 13.9 Å². The van der Waals surface area contributed by atoms with Crippen molar-refractivity contribution in [3.63, 3.8) is 0 Å². The lowest BCUT2D eigenvalue weighted by atomic mass is 9.95. The zero-order valence-electron chi connectivity index (χ0n) is 26.6. The Morgan fingerprint density at radius 2 is 1.68 bits per heavy atom. The minimum Gasteiger partial charge on any atom is -0.346 e. The second-order valence-corrected chi connectivity index (χ2v) is 14.9. The van der Waals surface area contributed by atoms with Crippen LogP contribution >= 0.6 is 0 Å². The fourth-order valence-corrected chi connectivity index (χ4v) is 8.70. The Morgan fingerprint density at radius 3 is 2.36 bits per heavy atom. The van der Waals surface area contributed by atoms with Crippen molar-refractivity contribution in [2.45, 2.75) is 86.7 Å². The molecular formula is C35H33F6N5O3S. The molecule has 7 rings (SSSR count). The first kappa shape index (κ1) is 34.2. The highest BCUT2D eigenvalue weighted by molar-refractivity contribution is 7.89. The predicted octanol–water partition coefficient (Wildman–Crippen LogP) is 7.08. The summed E-state index contributed by atoms with van der Waals surface area (Å²) in [6, 6.07) is 10.9. The Bertz CT molecular complexity index is 2010. The van der Waals surface area contributed by atoms with Crippen molar-refractivity contribution < 1.29 is 39.6 Å². The van der Waals surface area contributed by atoms with Crippen LogP contribution in [0.15, 0.2) is 65.7 Å². The van der Waals surface area contributed by atoms with E-state index in [2.05, 4.69) is 20.1 Å². The molecule has 0 spiro atoms. The van der Waals surface area contributed by atoms with E-state index in [1.54, 1.807) is 24.3 Å². The Hall–Kier alpha value is -4.24. The number of benzene rings is 2. The number of nitrogens with one attached hydrogen (secondary N) is 2. The molecule has 2 saturated carbocycles. The van der Waals surface area contributed by atoms with Gasteiger partial charge in [0.25, 0.3) is 12.3 Å². The van der Waals surface area contributed by atoms with Crippen LogP contribution in [0.25, 0.3) is 11.1 Å². The summed E-state index contributed by atoms with van der Waals surface area (Å²) in [6.45, 7) is -0.819. The summed E-state index contributed by atoms with van der Waals surface area (Å²) in [5, 5.41) is 6.41. The zero-order chi connectivity index (χ0) is 35.4. The summed E-state index contributed by atoms with van der Waals surface area (Å²) in [5.74, 6) is -7.88. The molecule has 0 aliphatic heterocycles. The van der Waals surface area contributed by atoms with Crippen LogP contribution < -0.4 is 10.0 Å².